The molecule has 0 aromatic heterocycles. The normalized spacial score (nSPS) is 18.5. The van der Waals surface area contributed by atoms with Gasteiger partial charge in [0.2, 0.25) is 10.0 Å². The lowest BCUT2D eigenvalue weighted by atomic mass is 10.1. The molecule has 2 aliphatic rings. The summed E-state index contributed by atoms with van der Waals surface area (Å²) in [6.07, 6.45) is 6.13. The third-order valence-electron chi connectivity index (χ3n) is 5.78. The van der Waals surface area contributed by atoms with E-state index in [1.807, 2.05) is 42.5 Å². The molecule has 1 heterocycles. The molecule has 0 radical (unpaired) electrons. The van der Waals surface area contributed by atoms with E-state index >= 15 is 0 Å². The van der Waals surface area contributed by atoms with Crippen LogP contribution < -0.4 is 0 Å². The molecule has 1 saturated carbocycles. The van der Waals surface area contributed by atoms with Gasteiger partial charge in [-0.2, -0.15) is 4.31 Å². The minimum atomic E-state index is -3.48. The van der Waals surface area contributed by atoms with Gasteiger partial charge in [-0.1, -0.05) is 48.9 Å². The third kappa shape index (κ3) is 5.02. The highest BCUT2D eigenvalue weighted by atomic mass is 32.2. The second-order valence-electron chi connectivity index (χ2n) is 8.21. The number of rotatable bonds is 8. The van der Waals surface area contributed by atoms with E-state index in [1.54, 1.807) is 16.4 Å². The fraction of sp³-hybridized carbons (Fsp3) is 0.478. The standard InChI is InChI=1S/C23H30N2O2S/c26-28(27,25(19-22-9-10-22)18-20-7-3-1-4-8-20)23-13-11-21(12-14-23)17-24-15-5-2-6-16-24/h1,3-4,7-8,11-14,22H,2,5-6,9-10,15-19H2. The molecule has 2 fully saturated rings. The molecule has 5 heteroatoms. The zero-order chi connectivity index (χ0) is 19.4. The SMILES string of the molecule is O=S(=O)(c1ccc(CN2CCCCC2)cc1)N(Cc1ccccc1)CC1CC1. The molecule has 0 unspecified atom stereocenters. The maximum atomic E-state index is 13.3. The first kappa shape index (κ1) is 19.6. The summed E-state index contributed by atoms with van der Waals surface area (Å²) in [4.78, 5) is 2.87. The van der Waals surface area contributed by atoms with Crippen molar-refractivity contribution in [3.05, 3.63) is 65.7 Å². The van der Waals surface area contributed by atoms with E-state index in [2.05, 4.69) is 4.90 Å². The van der Waals surface area contributed by atoms with E-state index in [9.17, 15) is 8.42 Å². The van der Waals surface area contributed by atoms with Gasteiger partial charge in [0.15, 0.2) is 0 Å². The van der Waals surface area contributed by atoms with Gasteiger partial charge in [-0.3, -0.25) is 4.90 Å². The van der Waals surface area contributed by atoms with Gasteiger partial charge in [-0.15, -0.1) is 0 Å². The Bertz CT molecular complexity index is 855. The van der Waals surface area contributed by atoms with Gasteiger partial charge in [0, 0.05) is 19.6 Å². The Balaban J connectivity index is 1.49. The average molecular weight is 399 g/mol. The Morgan fingerprint density at radius 3 is 2.18 bits per heavy atom. The van der Waals surface area contributed by atoms with Gasteiger partial charge in [0.25, 0.3) is 0 Å². The maximum absolute atomic E-state index is 13.3. The van der Waals surface area contributed by atoms with E-state index < -0.39 is 10.0 Å². The average Bonchev–Trinajstić information content (AvgIpc) is 3.54. The summed E-state index contributed by atoms with van der Waals surface area (Å²) in [6.45, 7) is 4.26. The van der Waals surface area contributed by atoms with Crippen LogP contribution in [0, 0.1) is 5.92 Å². The van der Waals surface area contributed by atoms with Gasteiger partial charge < -0.3 is 0 Å². The number of nitrogens with zero attached hydrogens (tertiary/aromatic N) is 2. The van der Waals surface area contributed by atoms with Crippen LogP contribution >= 0.6 is 0 Å². The van der Waals surface area contributed by atoms with E-state index in [-0.39, 0.29) is 0 Å². The lowest BCUT2D eigenvalue weighted by Crippen LogP contribution is -2.32. The molecule has 0 spiro atoms. The minimum absolute atomic E-state index is 0.409. The number of piperidine rings is 1. The predicted molar refractivity (Wildman–Crippen MR) is 112 cm³/mol. The molecule has 2 aromatic carbocycles. The first-order valence-electron chi connectivity index (χ1n) is 10.5. The van der Waals surface area contributed by atoms with Gasteiger partial charge in [0.05, 0.1) is 4.90 Å². The molecule has 28 heavy (non-hydrogen) atoms. The highest BCUT2D eigenvalue weighted by molar-refractivity contribution is 7.89. The van der Waals surface area contributed by atoms with Crippen molar-refractivity contribution in [2.75, 3.05) is 19.6 Å². The molecular formula is C23H30N2O2S. The number of sulfonamides is 1. The molecule has 0 amide bonds. The zero-order valence-electron chi connectivity index (χ0n) is 16.5. The smallest absolute Gasteiger partial charge is 0.243 e. The zero-order valence-corrected chi connectivity index (χ0v) is 17.3. The van der Waals surface area contributed by atoms with Crippen LogP contribution in [0.2, 0.25) is 0 Å². The molecule has 150 valence electrons. The lowest BCUT2D eigenvalue weighted by Gasteiger charge is -2.26. The maximum Gasteiger partial charge on any atom is 0.243 e. The Hall–Kier alpha value is -1.69. The molecule has 4 rings (SSSR count). The molecular weight excluding hydrogens is 368 g/mol. The van der Waals surface area contributed by atoms with Crippen LogP contribution in [0.5, 0.6) is 0 Å². The Morgan fingerprint density at radius 2 is 1.54 bits per heavy atom. The summed E-state index contributed by atoms with van der Waals surface area (Å²) in [5.74, 6) is 0.511. The number of benzene rings is 2. The predicted octanol–water partition coefficient (Wildman–Crippen LogP) is 4.27. The van der Waals surface area contributed by atoms with E-state index in [1.165, 1.54) is 24.8 Å². The van der Waals surface area contributed by atoms with Gasteiger partial charge >= 0.3 is 0 Å². The molecule has 1 aliphatic heterocycles. The van der Waals surface area contributed by atoms with E-state index in [0.29, 0.717) is 23.9 Å². The molecule has 0 atom stereocenters. The van der Waals surface area contributed by atoms with Crippen LogP contribution in [0.1, 0.15) is 43.2 Å². The van der Waals surface area contributed by atoms with Crippen LogP contribution in [0.15, 0.2) is 59.5 Å². The molecule has 0 N–H and O–H groups in total. The topological polar surface area (TPSA) is 40.6 Å². The van der Waals surface area contributed by atoms with Crippen molar-refractivity contribution in [1.82, 2.24) is 9.21 Å². The van der Waals surface area contributed by atoms with Crippen LogP contribution in [-0.4, -0.2) is 37.3 Å². The second kappa shape index (κ2) is 8.76. The summed E-state index contributed by atoms with van der Waals surface area (Å²) in [6, 6.07) is 17.4. The van der Waals surface area contributed by atoms with E-state index in [0.717, 1.165) is 38.0 Å². The van der Waals surface area contributed by atoms with Crippen molar-refractivity contribution in [3.63, 3.8) is 0 Å². The van der Waals surface area contributed by atoms with Crippen LogP contribution in [0.4, 0.5) is 0 Å². The summed E-state index contributed by atoms with van der Waals surface area (Å²) in [7, 11) is -3.48. The van der Waals surface area contributed by atoms with Crippen molar-refractivity contribution in [3.8, 4) is 0 Å². The van der Waals surface area contributed by atoms with Crippen LogP contribution in [-0.2, 0) is 23.1 Å². The van der Waals surface area contributed by atoms with Crippen molar-refractivity contribution < 1.29 is 8.42 Å². The van der Waals surface area contributed by atoms with Crippen molar-refractivity contribution in [1.29, 1.82) is 0 Å². The highest BCUT2D eigenvalue weighted by Crippen LogP contribution is 2.32. The second-order valence-corrected chi connectivity index (χ2v) is 10.1. The highest BCUT2D eigenvalue weighted by Gasteiger charge is 2.31. The van der Waals surface area contributed by atoms with Gasteiger partial charge in [0.1, 0.15) is 0 Å². The molecule has 0 bridgehead atoms. The van der Waals surface area contributed by atoms with Gasteiger partial charge in [-0.05, 0) is 68.0 Å². The number of likely N-dealkylation sites (tertiary alicyclic amines) is 1. The Kier molecular flexibility index (Phi) is 6.14. The summed E-state index contributed by atoms with van der Waals surface area (Å²) in [5, 5.41) is 0. The van der Waals surface area contributed by atoms with Crippen molar-refractivity contribution in [2.45, 2.75) is 50.1 Å². The van der Waals surface area contributed by atoms with Crippen molar-refractivity contribution >= 4 is 10.0 Å². The van der Waals surface area contributed by atoms with Crippen LogP contribution in [0.3, 0.4) is 0 Å². The largest absolute Gasteiger partial charge is 0.299 e. The number of hydrogen-bond acceptors (Lipinski definition) is 3. The molecule has 2 aromatic rings. The van der Waals surface area contributed by atoms with Crippen molar-refractivity contribution in [2.24, 2.45) is 5.92 Å². The quantitative estimate of drug-likeness (QED) is 0.667. The lowest BCUT2D eigenvalue weighted by molar-refractivity contribution is 0.221. The fourth-order valence-corrected chi connectivity index (χ4v) is 5.42. The summed E-state index contributed by atoms with van der Waals surface area (Å²) in [5.41, 5.74) is 2.23. The summed E-state index contributed by atoms with van der Waals surface area (Å²) < 4.78 is 28.3. The molecule has 1 saturated heterocycles. The Morgan fingerprint density at radius 1 is 0.857 bits per heavy atom. The first-order chi connectivity index (χ1) is 13.6. The molecule has 4 nitrogen and oxygen atoms in total. The van der Waals surface area contributed by atoms with E-state index in [4.69, 9.17) is 0 Å². The minimum Gasteiger partial charge on any atom is -0.299 e. The summed E-state index contributed by atoms with van der Waals surface area (Å²) >= 11 is 0. The third-order valence-corrected chi connectivity index (χ3v) is 7.60. The molecule has 1 aliphatic carbocycles. The Labute approximate surface area is 169 Å². The van der Waals surface area contributed by atoms with Gasteiger partial charge in [-0.25, -0.2) is 8.42 Å². The number of hydrogen-bond donors (Lipinski definition) is 0. The first-order valence-corrected chi connectivity index (χ1v) is 11.9. The van der Waals surface area contributed by atoms with Crippen LogP contribution in [0.25, 0.3) is 0 Å². The monoisotopic (exact) mass is 398 g/mol. The fourth-order valence-electron chi connectivity index (χ4n) is 3.91.